The van der Waals surface area contributed by atoms with E-state index in [-0.39, 0.29) is 11.9 Å². The Balaban J connectivity index is 2.15. The van der Waals surface area contributed by atoms with Gasteiger partial charge in [0.2, 0.25) is 0 Å². The van der Waals surface area contributed by atoms with Gasteiger partial charge in [-0.15, -0.1) is 0 Å². The van der Waals surface area contributed by atoms with Crippen LogP contribution >= 0.6 is 27.5 Å². The Kier molecular flexibility index (Phi) is 4.68. The molecule has 0 aliphatic heterocycles. The first-order chi connectivity index (χ1) is 9.49. The van der Waals surface area contributed by atoms with Crippen LogP contribution in [0.15, 0.2) is 46.9 Å². The van der Waals surface area contributed by atoms with Crippen molar-refractivity contribution in [3.63, 3.8) is 0 Å². The summed E-state index contributed by atoms with van der Waals surface area (Å²) < 4.78 is 0.999. The largest absolute Gasteiger partial charge is 0.397 e. The average Bonchev–Trinajstić information content (AvgIpc) is 2.42. The quantitative estimate of drug-likeness (QED) is 0.813. The summed E-state index contributed by atoms with van der Waals surface area (Å²) in [5, 5.41) is 3.29. The zero-order valence-electron chi connectivity index (χ0n) is 10.9. The molecule has 1 amide bonds. The van der Waals surface area contributed by atoms with Crippen LogP contribution in [0.2, 0.25) is 5.02 Å². The second-order valence-corrected chi connectivity index (χ2v) is 5.77. The van der Waals surface area contributed by atoms with E-state index in [1.807, 2.05) is 31.2 Å². The predicted octanol–water partition coefficient (Wildman–Crippen LogP) is 4.18. The number of nitrogen functional groups attached to an aromatic ring is 1. The molecule has 104 valence electrons. The van der Waals surface area contributed by atoms with Gasteiger partial charge in [0, 0.05) is 4.47 Å². The summed E-state index contributed by atoms with van der Waals surface area (Å²) >= 11 is 9.30. The smallest absolute Gasteiger partial charge is 0.253 e. The highest BCUT2D eigenvalue weighted by molar-refractivity contribution is 9.10. The van der Waals surface area contributed by atoms with Crippen molar-refractivity contribution in [2.24, 2.45) is 0 Å². The van der Waals surface area contributed by atoms with Crippen LogP contribution in [-0.4, -0.2) is 5.91 Å². The van der Waals surface area contributed by atoms with E-state index in [0.29, 0.717) is 16.3 Å². The molecule has 0 unspecified atom stereocenters. The van der Waals surface area contributed by atoms with E-state index < -0.39 is 0 Å². The van der Waals surface area contributed by atoms with E-state index >= 15 is 0 Å². The molecule has 0 aromatic heterocycles. The van der Waals surface area contributed by atoms with Gasteiger partial charge >= 0.3 is 0 Å². The molecule has 3 N–H and O–H groups in total. The maximum absolute atomic E-state index is 12.2. The summed E-state index contributed by atoms with van der Waals surface area (Å²) in [5.41, 5.74) is 7.53. The third-order valence-electron chi connectivity index (χ3n) is 3.02. The third-order valence-corrected chi connectivity index (χ3v) is 3.87. The molecule has 2 aromatic rings. The summed E-state index contributed by atoms with van der Waals surface area (Å²) in [6.45, 7) is 1.92. The third kappa shape index (κ3) is 3.32. The number of halogens is 2. The minimum Gasteiger partial charge on any atom is -0.397 e. The van der Waals surface area contributed by atoms with Gasteiger partial charge in [-0.1, -0.05) is 45.7 Å². The van der Waals surface area contributed by atoms with E-state index in [9.17, 15) is 4.79 Å². The number of para-hydroxylation sites is 1. The van der Waals surface area contributed by atoms with Crippen molar-refractivity contribution in [1.82, 2.24) is 5.32 Å². The van der Waals surface area contributed by atoms with Crippen LogP contribution in [0.3, 0.4) is 0 Å². The van der Waals surface area contributed by atoms with E-state index in [0.717, 1.165) is 10.0 Å². The van der Waals surface area contributed by atoms with Crippen molar-refractivity contribution >= 4 is 39.1 Å². The molecule has 2 rings (SSSR count). The van der Waals surface area contributed by atoms with Crippen LogP contribution in [0, 0.1) is 0 Å². The predicted molar refractivity (Wildman–Crippen MR) is 85.9 cm³/mol. The second-order valence-electron chi connectivity index (χ2n) is 4.45. The Hall–Kier alpha value is -1.52. The van der Waals surface area contributed by atoms with Crippen LogP contribution in [0.25, 0.3) is 0 Å². The number of anilines is 1. The highest BCUT2D eigenvalue weighted by Gasteiger charge is 2.15. The Morgan fingerprint density at radius 1 is 1.25 bits per heavy atom. The summed E-state index contributed by atoms with van der Waals surface area (Å²) in [6, 6.07) is 12.7. The van der Waals surface area contributed by atoms with Crippen molar-refractivity contribution in [2.45, 2.75) is 13.0 Å². The van der Waals surface area contributed by atoms with Gasteiger partial charge in [0.1, 0.15) is 0 Å². The molecular weight excluding hydrogens is 340 g/mol. The number of amides is 1. The van der Waals surface area contributed by atoms with Crippen LogP contribution in [0.5, 0.6) is 0 Å². The Morgan fingerprint density at radius 3 is 2.55 bits per heavy atom. The average molecular weight is 354 g/mol. The van der Waals surface area contributed by atoms with Crippen molar-refractivity contribution in [2.75, 3.05) is 5.73 Å². The minimum absolute atomic E-state index is 0.117. The highest BCUT2D eigenvalue weighted by Crippen LogP contribution is 2.23. The topological polar surface area (TPSA) is 55.1 Å². The fraction of sp³-hybridized carbons (Fsp3) is 0.133. The molecule has 0 fully saturated rings. The molecule has 5 heteroatoms. The molecule has 0 aliphatic carbocycles. The van der Waals surface area contributed by atoms with Gasteiger partial charge in [-0.3, -0.25) is 4.79 Å². The van der Waals surface area contributed by atoms with Crippen LogP contribution in [-0.2, 0) is 0 Å². The lowest BCUT2D eigenvalue weighted by atomic mass is 10.1. The molecule has 0 radical (unpaired) electrons. The molecule has 0 spiro atoms. The molecule has 2 aromatic carbocycles. The van der Waals surface area contributed by atoms with Gasteiger partial charge in [-0.25, -0.2) is 0 Å². The molecule has 0 aliphatic rings. The van der Waals surface area contributed by atoms with Crippen LogP contribution < -0.4 is 11.1 Å². The van der Waals surface area contributed by atoms with Gasteiger partial charge in [-0.05, 0) is 36.8 Å². The van der Waals surface area contributed by atoms with Gasteiger partial charge < -0.3 is 11.1 Å². The lowest BCUT2D eigenvalue weighted by molar-refractivity contribution is 0.0941. The van der Waals surface area contributed by atoms with E-state index in [2.05, 4.69) is 21.2 Å². The first kappa shape index (κ1) is 14.9. The van der Waals surface area contributed by atoms with Crippen molar-refractivity contribution in [3.8, 4) is 0 Å². The fourth-order valence-electron chi connectivity index (χ4n) is 1.84. The van der Waals surface area contributed by atoms with Crippen molar-refractivity contribution < 1.29 is 4.79 Å². The molecule has 20 heavy (non-hydrogen) atoms. The molecule has 0 bridgehead atoms. The van der Waals surface area contributed by atoms with Crippen molar-refractivity contribution in [3.05, 3.63) is 63.1 Å². The summed E-state index contributed by atoms with van der Waals surface area (Å²) in [6.07, 6.45) is 0. The number of carbonyl (C=O) groups is 1. The molecule has 0 heterocycles. The van der Waals surface area contributed by atoms with Gasteiger partial charge in [0.15, 0.2) is 0 Å². The first-order valence-electron chi connectivity index (χ1n) is 6.09. The zero-order chi connectivity index (χ0) is 14.7. The molecule has 1 atom stereocenters. The number of benzene rings is 2. The Morgan fingerprint density at radius 2 is 1.90 bits per heavy atom. The SMILES string of the molecule is C[C@@H](NC(=O)c1cccc(Cl)c1N)c1ccc(Br)cc1. The van der Waals surface area contributed by atoms with Gasteiger partial charge in [0.25, 0.3) is 5.91 Å². The summed E-state index contributed by atoms with van der Waals surface area (Å²) in [5.74, 6) is -0.236. The van der Waals surface area contributed by atoms with Gasteiger partial charge in [-0.2, -0.15) is 0 Å². The summed E-state index contributed by atoms with van der Waals surface area (Å²) in [4.78, 5) is 12.2. The van der Waals surface area contributed by atoms with E-state index in [1.54, 1.807) is 18.2 Å². The Labute approximate surface area is 131 Å². The molecule has 0 saturated carbocycles. The number of carbonyl (C=O) groups excluding carboxylic acids is 1. The number of hydrogen-bond acceptors (Lipinski definition) is 2. The summed E-state index contributed by atoms with van der Waals surface area (Å²) in [7, 11) is 0. The molecular formula is C15H14BrClN2O. The second kappa shape index (κ2) is 6.29. The van der Waals surface area contributed by atoms with Gasteiger partial charge in [0.05, 0.1) is 22.3 Å². The normalized spacial score (nSPS) is 11.9. The minimum atomic E-state index is -0.236. The standard InChI is InChI=1S/C15H14BrClN2O/c1-9(10-5-7-11(16)8-6-10)19-15(20)12-3-2-4-13(17)14(12)18/h2-9H,18H2,1H3,(H,19,20)/t9-/m1/s1. The number of nitrogens with one attached hydrogen (secondary N) is 1. The highest BCUT2D eigenvalue weighted by atomic mass is 79.9. The van der Waals surface area contributed by atoms with Crippen LogP contribution in [0.4, 0.5) is 5.69 Å². The zero-order valence-corrected chi connectivity index (χ0v) is 13.2. The number of nitrogens with two attached hydrogens (primary N) is 1. The van der Waals surface area contributed by atoms with Crippen molar-refractivity contribution in [1.29, 1.82) is 0 Å². The Bertz CT molecular complexity index is 628. The molecule has 3 nitrogen and oxygen atoms in total. The maximum Gasteiger partial charge on any atom is 0.253 e. The number of rotatable bonds is 3. The van der Waals surface area contributed by atoms with E-state index in [1.165, 1.54) is 0 Å². The fourth-order valence-corrected chi connectivity index (χ4v) is 2.28. The maximum atomic E-state index is 12.2. The number of hydrogen-bond donors (Lipinski definition) is 2. The van der Waals surface area contributed by atoms with E-state index in [4.69, 9.17) is 17.3 Å². The monoisotopic (exact) mass is 352 g/mol. The first-order valence-corrected chi connectivity index (χ1v) is 7.26. The van der Waals surface area contributed by atoms with Crippen LogP contribution in [0.1, 0.15) is 28.9 Å². The lowest BCUT2D eigenvalue weighted by Gasteiger charge is -2.15. The molecule has 0 saturated heterocycles. The lowest BCUT2D eigenvalue weighted by Crippen LogP contribution is -2.27.